The van der Waals surface area contributed by atoms with Crippen LogP contribution in [0.2, 0.25) is 0 Å². The summed E-state index contributed by atoms with van der Waals surface area (Å²) in [5.74, 6) is 0.731. The van der Waals surface area contributed by atoms with Crippen molar-refractivity contribution >= 4 is 33.5 Å². The molecule has 3 nitrogen and oxygen atoms in total. The van der Waals surface area contributed by atoms with Crippen molar-refractivity contribution in [2.45, 2.75) is 39.5 Å². The first kappa shape index (κ1) is 31.8. The molecule has 3 heterocycles. The van der Waals surface area contributed by atoms with Crippen LogP contribution in [0.3, 0.4) is 0 Å². The molecule has 1 unspecified atom stereocenters. The van der Waals surface area contributed by atoms with Gasteiger partial charge in [-0.3, -0.25) is 0 Å². The summed E-state index contributed by atoms with van der Waals surface area (Å²) in [6.45, 7) is 12.6. The highest BCUT2D eigenvalue weighted by atomic mass is 15.0. The van der Waals surface area contributed by atoms with Gasteiger partial charge in [0.15, 0.2) is 5.82 Å². The van der Waals surface area contributed by atoms with Crippen LogP contribution in [0.1, 0.15) is 56.5 Å². The molecule has 0 saturated carbocycles. The number of benzene rings is 5. The minimum atomic E-state index is -0.0523. The van der Waals surface area contributed by atoms with E-state index in [0.29, 0.717) is 0 Å². The van der Waals surface area contributed by atoms with E-state index in [0.717, 1.165) is 40.3 Å². The molecule has 1 atom stereocenters. The molecule has 3 heteroatoms. The molecule has 0 radical (unpaired) electrons. The predicted molar refractivity (Wildman–Crippen MR) is 209 cm³/mol. The molecule has 2 aromatic heterocycles. The van der Waals surface area contributed by atoms with Gasteiger partial charge in [-0.25, -0.2) is 9.97 Å². The number of hydrogen-bond acceptors (Lipinski definition) is 2. The molecule has 240 valence electrons. The van der Waals surface area contributed by atoms with Crippen LogP contribution in [-0.2, 0) is 5.41 Å². The molecule has 0 saturated heterocycles. The summed E-state index contributed by atoms with van der Waals surface area (Å²) in [5.41, 5.74) is 12.8. The highest BCUT2D eigenvalue weighted by molar-refractivity contribution is 6.11. The zero-order chi connectivity index (χ0) is 34.0. The van der Waals surface area contributed by atoms with Crippen LogP contribution < -0.4 is 0 Å². The second-order valence-corrected chi connectivity index (χ2v) is 12.9. The van der Waals surface area contributed by atoms with Crippen LogP contribution in [-0.4, -0.2) is 14.5 Å². The van der Waals surface area contributed by atoms with Crippen molar-refractivity contribution in [2.75, 3.05) is 0 Å². The van der Waals surface area contributed by atoms with Gasteiger partial charge >= 0.3 is 0 Å². The number of fused-ring (bicyclic) bond motifs is 5. The Hall–Kier alpha value is -5.80. The van der Waals surface area contributed by atoms with Gasteiger partial charge in [0, 0.05) is 27.3 Å². The van der Waals surface area contributed by atoms with E-state index in [1.54, 1.807) is 0 Å². The van der Waals surface area contributed by atoms with Crippen LogP contribution >= 0.6 is 0 Å². The average Bonchev–Trinajstić information content (AvgIpc) is 3.49. The fraction of sp³-hybridized carbons (Fsp3) is 0.130. The van der Waals surface area contributed by atoms with Crippen molar-refractivity contribution in [3.05, 3.63) is 175 Å². The van der Waals surface area contributed by atoms with E-state index in [1.807, 2.05) is 61.5 Å². The third-order valence-corrected chi connectivity index (χ3v) is 9.53. The smallest absolute Gasteiger partial charge is 0.160 e. The maximum Gasteiger partial charge on any atom is 0.160 e. The molecule has 8 rings (SSSR count). The number of rotatable bonds is 6. The van der Waals surface area contributed by atoms with Gasteiger partial charge in [0.25, 0.3) is 0 Å². The Morgan fingerprint density at radius 1 is 0.714 bits per heavy atom. The lowest BCUT2D eigenvalue weighted by Gasteiger charge is -2.37. The molecule has 0 fully saturated rings. The highest BCUT2D eigenvalue weighted by Gasteiger charge is 2.37. The molecule has 0 aliphatic carbocycles. The Kier molecular flexibility index (Phi) is 8.67. The number of para-hydroxylation sites is 2. The molecule has 1 aliphatic heterocycles. The Morgan fingerprint density at radius 3 is 2.12 bits per heavy atom. The molecule has 0 N–H and O–H groups in total. The minimum absolute atomic E-state index is 0.0523. The van der Waals surface area contributed by atoms with Crippen molar-refractivity contribution < 1.29 is 0 Å². The zero-order valence-corrected chi connectivity index (χ0v) is 28.7. The molecule has 49 heavy (non-hydrogen) atoms. The second kappa shape index (κ2) is 13.4. The monoisotopic (exact) mass is 635 g/mol. The molecular weight excluding hydrogens is 595 g/mol. The predicted octanol–water partition coefficient (Wildman–Crippen LogP) is 12.2. The SMILES string of the molecule is C/C=C\CC1(C)c2cc(/C=C/C)ccc2-n2c3ccccc3c3cccc1c32.C=C(C)c1cc(-c2ccccc2)nc(-c2ccccc2)n1. The van der Waals surface area contributed by atoms with Crippen LogP contribution in [0.4, 0.5) is 0 Å². The third kappa shape index (κ3) is 5.83. The summed E-state index contributed by atoms with van der Waals surface area (Å²) < 4.78 is 2.48. The first-order valence-corrected chi connectivity index (χ1v) is 17.0. The first-order valence-electron chi connectivity index (χ1n) is 17.0. The Bertz CT molecular complexity index is 2300. The molecule has 0 spiro atoms. The average molecular weight is 636 g/mol. The summed E-state index contributed by atoms with van der Waals surface area (Å²) in [6.07, 6.45) is 9.79. The van der Waals surface area contributed by atoms with Gasteiger partial charge in [-0.1, -0.05) is 141 Å². The van der Waals surface area contributed by atoms with Crippen LogP contribution in [0.5, 0.6) is 0 Å². The van der Waals surface area contributed by atoms with Gasteiger partial charge in [0.1, 0.15) is 0 Å². The van der Waals surface area contributed by atoms with Crippen molar-refractivity contribution in [2.24, 2.45) is 0 Å². The molecule has 5 aromatic carbocycles. The van der Waals surface area contributed by atoms with E-state index in [4.69, 9.17) is 4.98 Å². The number of aromatic nitrogens is 3. The number of allylic oxidation sites excluding steroid dienone is 4. The minimum Gasteiger partial charge on any atom is -0.309 e. The standard InChI is InChI=1S/C27H25N.C19H16N2/c1-4-6-17-27(3)22-13-9-12-21-20-11-7-8-14-24(20)28(26(21)22)25-16-15-19(10-5-2)18-23(25)27;1-14(2)17-13-18(15-9-5-3-6-10-15)21-19(20-17)16-11-7-4-8-12-16/h4-16,18H,17H2,1-3H3;3-13H,1H2,2H3/b6-4-,10-5+;. The Labute approximate surface area is 289 Å². The topological polar surface area (TPSA) is 30.7 Å². The van der Waals surface area contributed by atoms with Gasteiger partial charge in [0.2, 0.25) is 0 Å². The fourth-order valence-corrected chi connectivity index (χ4v) is 7.06. The van der Waals surface area contributed by atoms with E-state index < -0.39 is 0 Å². The van der Waals surface area contributed by atoms with Crippen LogP contribution in [0, 0.1) is 0 Å². The van der Waals surface area contributed by atoms with Crippen molar-refractivity contribution in [1.29, 1.82) is 0 Å². The summed E-state index contributed by atoms with van der Waals surface area (Å²) in [6, 6.07) is 44.7. The summed E-state index contributed by atoms with van der Waals surface area (Å²) in [5, 5.41) is 2.68. The molecule has 7 aromatic rings. The lowest BCUT2D eigenvalue weighted by Crippen LogP contribution is -2.29. The highest BCUT2D eigenvalue weighted by Crippen LogP contribution is 2.49. The molecule has 1 aliphatic rings. The first-order chi connectivity index (χ1) is 23.9. The quantitative estimate of drug-likeness (QED) is 0.170. The van der Waals surface area contributed by atoms with E-state index in [2.05, 4.69) is 134 Å². The Balaban J connectivity index is 0.000000161. The van der Waals surface area contributed by atoms with Crippen molar-refractivity contribution in [1.82, 2.24) is 14.5 Å². The molecular formula is C46H41N3. The second-order valence-electron chi connectivity index (χ2n) is 12.9. The van der Waals surface area contributed by atoms with E-state index >= 15 is 0 Å². The molecule has 0 bridgehead atoms. The third-order valence-electron chi connectivity index (χ3n) is 9.53. The normalized spacial score (nSPS) is 15.0. The van der Waals surface area contributed by atoms with Gasteiger partial charge in [-0.15, -0.1) is 0 Å². The van der Waals surface area contributed by atoms with Crippen LogP contribution in [0.15, 0.2) is 152 Å². The summed E-state index contributed by atoms with van der Waals surface area (Å²) in [7, 11) is 0. The Morgan fingerprint density at radius 2 is 1.41 bits per heavy atom. The number of nitrogens with zero attached hydrogens (tertiary/aromatic N) is 3. The zero-order valence-electron chi connectivity index (χ0n) is 28.7. The summed E-state index contributed by atoms with van der Waals surface area (Å²) in [4.78, 5) is 9.32. The van der Waals surface area contributed by atoms with Gasteiger partial charge in [-0.2, -0.15) is 0 Å². The molecule has 0 amide bonds. The van der Waals surface area contributed by atoms with E-state index in [1.165, 1.54) is 44.2 Å². The van der Waals surface area contributed by atoms with Crippen molar-refractivity contribution in [3.63, 3.8) is 0 Å². The van der Waals surface area contributed by atoms with Crippen molar-refractivity contribution in [3.8, 4) is 28.3 Å². The number of hydrogen-bond donors (Lipinski definition) is 0. The lowest BCUT2D eigenvalue weighted by atomic mass is 9.70. The van der Waals surface area contributed by atoms with Gasteiger partial charge < -0.3 is 4.57 Å². The maximum absolute atomic E-state index is 4.70. The van der Waals surface area contributed by atoms with E-state index in [-0.39, 0.29) is 5.41 Å². The van der Waals surface area contributed by atoms with E-state index in [9.17, 15) is 0 Å². The largest absolute Gasteiger partial charge is 0.309 e. The maximum atomic E-state index is 4.70. The summed E-state index contributed by atoms with van der Waals surface area (Å²) >= 11 is 0. The van der Waals surface area contributed by atoms with Gasteiger partial charge in [0.05, 0.1) is 28.1 Å². The lowest BCUT2D eigenvalue weighted by molar-refractivity contribution is 0.572. The van der Waals surface area contributed by atoms with Crippen LogP contribution in [0.25, 0.3) is 61.8 Å². The van der Waals surface area contributed by atoms with Gasteiger partial charge in [-0.05, 0) is 73.7 Å². The fourth-order valence-electron chi connectivity index (χ4n) is 7.06.